The molecule has 290 valence electrons. The van der Waals surface area contributed by atoms with Gasteiger partial charge in [0, 0.05) is 6.10 Å². The van der Waals surface area contributed by atoms with Crippen LogP contribution in [0.15, 0.2) is 35.5 Å². The first-order chi connectivity index (χ1) is 22.5. The molecule has 0 aromatic carbocycles. The molecule has 3 saturated carbocycles. The molecular formula is C44H84O3Si3. The van der Waals surface area contributed by atoms with Crippen LogP contribution in [0.2, 0.25) is 54.4 Å². The van der Waals surface area contributed by atoms with E-state index in [0.717, 1.165) is 30.6 Å². The normalized spacial score (nSPS) is 29.7. The number of fused-ring (bicyclic) bond motifs is 1. The molecule has 0 aliphatic heterocycles. The lowest BCUT2D eigenvalue weighted by atomic mass is 9.60. The predicted molar refractivity (Wildman–Crippen MR) is 228 cm³/mol. The lowest BCUT2D eigenvalue weighted by molar-refractivity contribution is 0.0910. The number of allylic oxidation sites excluding steroid dienone is 3. The molecule has 0 saturated heterocycles. The summed E-state index contributed by atoms with van der Waals surface area (Å²) < 4.78 is 21.0. The molecule has 0 aromatic heterocycles. The van der Waals surface area contributed by atoms with Crippen molar-refractivity contribution in [2.24, 2.45) is 23.2 Å². The van der Waals surface area contributed by atoms with Crippen molar-refractivity contribution in [2.75, 3.05) is 0 Å². The monoisotopic (exact) mass is 745 g/mol. The van der Waals surface area contributed by atoms with Crippen LogP contribution in [0.4, 0.5) is 0 Å². The standard InChI is InChI=1S/C44H84O3Si3/c1-32(22-20-23-33(2)45-48(14,15)41(4,5)6)37-27-28-38-36(24-21-29-44(37,38)13)26-25-35-30-39(46-49(16,17)42(7,8)9)34(3)40(31-35)47-50(18,19)43(10,11)12/h25-26,32-33,37-40H,3,20-24,27-31H2,1-2,4-19H3/t32-,33+,37-,38+,39-,40-,44-/m1/s1. The lowest BCUT2D eigenvalue weighted by Gasteiger charge is -2.46. The van der Waals surface area contributed by atoms with E-state index >= 15 is 0 Å². The Morgan fingerprint density at radius 3 is 1.74 bits per heavy atom. The molecule has 3 aliphatic carbocycles. The van der Waals surface area contributed by atoms with Crippen molar-refractivity contribution >= 4 is 25.0 Å². The summed E-state index contributed by atoms with van der Waals surface area (Å²) in [6.07, 6.45) is 17.9. The van der Waals surface area contributed by atoms with Crippen LogP contribution in [0.5, 0.6) is 0 Å². The average Bonchev–Trinajstić information content (AvgIpc) is 3.29. The number of hydrogen-bond acceptors (Lipinski definition) is 3. The quantitative estimate of drug-likeness (QED) is 0.147. The Morgan fingerprint density at radius 1 is 0.760 bits per heavy atom. The van der Waals surface area contributed by atoms with Gasteiger partial charge in [0.15, 0.2) is 25.0 Å². The molecule has 3 fully saturated rings. The van der Waals surface area contributed by atoms with Crippen molar-refractivity contribution in [3.8, 4) is 0 Å². The highest BCUT2D eigenvalue weighted by molar-refractivity contribution is 6.75. The van der Waals surface area contributed by atoms with E-state index in [2.05, 4.69) is 141 Å². The molecule has 0 heterocycles. The van der Waals surface area contributed by atoms with Crippen LogP contribution in [0, 0.1) is 23.2 Å². The van der Waals surface area contributed by atoms with Gasteiger partial charge in [0.1, 0.15) is 0 Å². The largest absolute Gasteiger partial charge is 0.414 e. The van der Waals surface area contributed by atoms with Crippen molar-refractivity contribution in [1.82, 2.24) is 0 Å². The van der Waals surface area contributed by atoms with E-state index in [4.69, 9.17) is 13.3 Å². The Bertz CT molecular complexity index is 1180. The fourth-order valence-corrected chi connectivity index (χ4v) is 12.6. The molecule has 0 spiro atoms. The van der Waals surface area contributed by atoms with Gasteiger partial charge in [-0.2, -0.15) is 0 Å². The summed E-state index contributed by atoms with van der Waals surface area (Å²) in [5.41, 5.74) is 4.80. The van der Waals surface area contributed by atoms with Gasteiger partial charge in [-0.15, -0.1) is 0 Å². The van der Waals surface area contributed by atoms with Crippen LogP contribution in [-0.4, -0.2) is 43.3 Å². The van der Waals surface area contributed by atoms with E-state index in [9.17, 15) is 0 Å². The molecule has 7 atom stereocenters. The topological polar surface area (TPSA) is 27.7 Å². The molecule has 0 radical (unpaired) electrons. The summed E-state index contributed by atoms with van der Waals surface area (Å²) in [7, 11) is -5.66. The minimum Gasteiger partial charge on any atom is -0.414 e. The lowest BCUT2D eigenvalue weighted by Crippen LogP contribution is -2.49. The van der Waals surface area contributed by atoms with E-state index in [1.54, 1.807) is 5.57 Å². The van der Waals surface area contributed by atoms with Crippen LogP contribution in [-0.2, 0) is 13.3 Å². The summed E-state index contributed by atoms with van der Waals surface area (Å²) in [5, 5.41) is 0.591. The molecule has 0 N–H and O–H groups in total. The summed E-state index contributed by atoms with van der Waals surface area (Å²) in [5.74, 6) is 2.32. The number of rotatable bonds is 12. The zero-order valence-corrected chi connectivity index (χ0v) is 39.6. The highest BCUT2D eigenvalue weighted by atomic mass is 28.4. The third kappa shape index (κ3) is 10.3. The van der Waals surface area contributed by atoms with E-state index < -0.39 is 25.0 Å². The second-order valence-electron chi connectivity index (χ2n) is 22.0. The molecule has 0 aromatic rings. The van der Waals surface area contributed by atoms with Crippen molar-refractivity contribution in [3.05, 3.63) is 35.5 Å². The highest BCUT2D eigenvalue weighted by Gasteiger charge is 2.51. The first kappa shape index (κ1) is 44.1. The predicted octanol–water partition coefficient (Wildman–Crippen LogP) is 14.4. The second-order valence-corrected chi connectivity index (χ2v) is 36.2. The van der Waals surface area contributed by atoms with Crippen molar-refractivity contribution < 1.29 is 13.3 Å². The zero-order valence-electron chi connectivity index (χ0n) is 36.6. The fraction of sp³-hybridized carbons (Fsp3) is 0.864. The van der Waals surface area contributed by atoms with E-state index in [1.165, 1.54) is 62.5 Å². The Morgan fingerprint density at radius 2 is 1.26 bits per heavy atom. The van der Waals surface area contributed by atoms with E-state index in [0.29, 0.717) is 11.5 Å². The fourth-order valence-electron chi connectivity index (χ4n) is 8.57. The maximum absolute atomic E-state index is 7.13. The van der Waals surface area contributed by atoms with Crippen LogP contribution < -0.4 is 0 Å². The van der Waals surface area contributed by atoms with Gasteiger partial charge in [-0.25, -0.2) is 0 Å². The first-order valence-electron chi connectivity index (χ1n) is 20.6. The SMILES string of the molecule is C=C1[C@H](O[Si](C)(C)C(C)(C)C)CC(=CC=C2CCC[C@]3(C)[C@@H]([C@H](C)CCC[C@H](C)O[Si](C)(C)C(C)(C)C)CC[C@@H]23)C[C@H]1O[Si](C)(C)C(C)(C)C. The van der Waals surface area contributed by atoms with Gasteiger partial charge < -0.3 is 13.3 Å². The van der Waals surface area contributed by atoms with Crippen LogP contribution in [0.25, 0.3) is 0 Å². The maximum atomic E-state index is 7.13. The molecule has 3 aliphatic rings. The molecule has 6 heteroatoms. The van der Waals surface area contributed by atoms with Gasteiger partial charge in [-0.05, 0) is 141 Å². The Hall–Kier alpha value is -0.249. The Balaban J connectivity index is 1.77. The summed E-state index contributed by atoms with van der Waals surface area (Å²) in [6.45, 7) is 47.6. The third-order valence-corrected chi connectivity index (χ3v) is 28.6. The molecule has 0 bridgehead atoms. The van der Waals surface area contributed by atoms with Crippen LogP contribution >= 0.6 is 0 Å². The van der Waals surface area contributed by atoms with Gasteiger partial charge in [-0.3, -0.25) is 0 Å². The van der Waals surface area contributed by atoms with Crippen molar-refractivity contribution in [1.29, 1.82) is 0 Å². The van der Waals surface area contributed by atoms with Gasteiger partial charge in [-0.1, -0.05) is 119 Å². The Kier molecular flexibility index (Phi) is 14.0. The highest BCUT2D eigenvalue weighted by Crippen LogP contribution is 2.60. The first-order valence-corrected chi connectivity index (χ1v) is 29.4. The molecule has 3 nitrogen and oxygen atoms in total. The van der Waals surface area contributed by atoms with Crippen molar-refractivity contribution in [3.63, 3.8) is 0 Å². The molecule has 0 amide bonds. The smallest absolute Gasteiger partial charge is 0.192 e. The van der Waals surface area contributed by atoms with Gasteiger partial charge >= 0.3 is 0 Å². The average molecular weight is 745 g/mol. The van der Waals surface area contributed by atoms with Gasteiger partial charge in [0.2, 0.25) is 0 Å². The van der Waals surface area contributed by atoms with Crippen molar-refractivity contribution in [2.45, 2.75) is 220 Å². The van der Waals surface area contributed by atoms with E-state index in [1.807, 2.05) is 0 Å². The van der Waals surface area contributed by atoms with Gasteiger partial charge in [0.05, 0.1) is 12.2 Å². The summed E-state index contributed by atoms with van der Waals surface area (Å²) in [6, 6.07) is 0. The minimum atomic E-state index is -1.98. The maximum Gasteiger partial charge on any atom is 0.192 e. The third-order valence-electron chi connectivity index (χ3n) is 15.0. The minimum absolute atomic E-state index is 0.0346. The summed E-state index contributed by atoms with van der Waals surface area (Å²) >= 11 is 0. The number of hydrogen-bond donors (Lipinski definition) is 0. The Labute approximate surface area is 315 Å². The summed E-state index contributed by atoms with van der Waals surface area (Å²) in [4.78, 5) is 0. The van der Waals surface area contributed by atoms with E-state index in [-0.39, 0.29) is 27.3 Å². The molecular weight excluding hydrogens is 661 g/mol. The van der Waals surface area contributed by atoms with Crippen LogP contribution in [0.3, 0.4) is 0 Å². The molecule has 3 rings (SSSR count). The van der Waals surface area contributed by atoms with Gasteiger partial charge in [0.25, 0.3) is 0 Å². The van der Waals surface area contributed by atoms with Crippen LogP contribution in [0.1, 0.15) is 147 Å². The molecule has 50 heavy (non-hydrogen) atoms. The second kappa shape index (κ2) is 15.8. The molecule has 0 unspecified atom stereocenters. The zero-order chi connectivity index (χ0) is 38.3.